The Kier molecular flexibility index (Phi) is 5.94. The molecular weight excluding hydrogens is 342 g/mol. The zero-order valence-corrected chi connectivity index (χ0v) is 17.0. The molecule has 0 bridgehead atoms. The first kappa shape index (κ1) is 19.9. The van der Waals surface area contributed by atoms with Crippen LogP contribution in [0.1, 0.15) is 57.5 Å². The Morgan fingerprint density at radius 1 is 1.26 bits per heavy atom. The Balaban J connectivity index is 1.58. The summed E-state index contributed by atoms with van der Waals surface area (Å²) in [4.78, 5) is 29.6. The summed E-state index contributed by atoms with van der Waals surface area (Å²) in [7, 11) is 0. The van der Waals surface area contributed by atoms with E-state index in [4.69, 9.17) is 4.42 Å². The van der Waals surface area contributed by atoms with E-state index < -0.39 is 6.04 Å². The van der Waals surface area contributed by atoms with Crippen LogP contribution in [-0.4, -0.2) is 59.4 Å². The number of hydrogen-bond acceptors (Lipinski definition) is 4. The van der Waals surface area contributed by atoms with E-state index >= 15 is 0 Å². The summed E-state index contributed by atoms with van der Waals surface area (Å²) in [6.07, 6.45) is 4.30. The van der Waals surface area contributed by atoms with Crippen LogP contribution in [-0.2, 0) is 4.79 Å². The van der Waals surface area contributed by atoms with Crippen molar-refractivity contribution in [1.29, 1.82) is 0 Å². The number of rotatable bonds is 5. The molecule has 3 unspecified atom stereocenters. The third kappa shape index (κ3) is 4.54. The standard InChI is InChI=1S/C21H33N3O3/c1-15-11-16(2)13-23(12-15)21(3,4)14-22-19(25)17-7-5-9-24(17)20(26)18-8-6-10-27-18/h6,8,10,15-17H,5,7,9,11-14H2,1-4H3,(H,22,25). The van der Waals surface area contributed by atoms with Gasteiger partial charge in [0.2, 0.25) is 5.91 Å². The second-order valence-electron chi connectivity index (χ2n) is 9.02. The fraction of sp³-hybridized carbons (Fsp3) is 0.714. The largest absolute Gasteiger partial charge is 0.459 e. The Labute approximate surface area is 162 Å². The summed E-state index contributed by atoms with van der Waals surface area (Å²) in [5, 5.41) is 3.12. The lowest BCUT2D eigenvalue weighted by Gasteiger charge is -2.45. The van der Waals surface area contributed by atoms with E-state index in [2.05, 4.69) is 37.9 Å². The van der Waals surface area contributed by atoms with Crippen molar-refractivity contribution < 1.29 is 14.0 Å². The Bertz CT molecular complexity index is 646. The van der Waals surface area contributed by atoms with Gasteiger partial charge in [0.15, 0.2) is 5.76 Å². The SMILES string of the molecule is CC1CC(C)CN(C(C)(C)CNC(=O)C2CCCN2C(=O)c2ccco2)C1. The van der Waals surface area contributed by atoms with Crippen molar-refractivity contribution in [3.63, 3.8) is 0 Å². The van der Waals surface area contributed by atoms with Crippen molar-refractivity contribution in [2.24, 2.45) is 11.8 Å². The van der Waals surface area contributed by atoms with Crippen molar-refractivity contribution in [3.05, 3.63) is 24.2 Å². The van der Waals surface area contributed by atoms with Gasteiger partial charge in [-0.3, -0.25) is 14.5 Å². The predicted octanol–water partition coefficient (Wildman–Crippen LogP) is 2.76. The number of furan rings is 1. The molecule has 1 aromatic rings. The summed E-state index contributed by atoms with van der Waals surface area (Å²) < 4.78 is 5.22. The van der Waals surface area contributed by atoms with Gasteiger partial charge in [-0.2, -0.15) is 0 Å². The van der Waals surface area contributed by atoms with Gasteiger partial charge in [0, 0.05) is 31.7 Å². The molecule has 3 heterocycles. The van der Waals surface area contributed by atoms with Crippen LogP contribution in [0.5, 0.6) is 0 Å². The molecule has 3 atom stereocenters. The third-order valence-electron chi connectivity index (χ3n) is 5.97. The highest BCUT2D eigenvalue weighted by Gasteiger charge is 2.37. The van der Waals surface area contributed by atoms with Crippen molar-refractivity contribution >= 4 is 11.8 Å². The van der Waals surface area contributed by atoms with Gasteiger partial charge in [-0.15, -0.1) is 0 Å². The number of amides is 2. The molecule has 0 spiro atoms. The number of nitrogens with one attached hydrogen (secondary N) is 1. The van der Waals surface area contributed by atoms with Crippen molar-refractivity contribution in [3.8, 4) is 0 Å². The average Bonchev–Trinajstić information content (AvgIpc) is 3.30. The highest BCUT2D eigenvalue weighted by Crippen LogP contribution is 2.27. The Hall–Kier alpha value is -1.82. The quantitative estimate of drug-likeness (QED) is 0.859. The second kappa shape index (κ2) is 8.05. The van der Waals surface area contributed by atoms with Gasteiger partial charge < -0.3 is 14.6 Å². The summed E-state index contributed by atoms with van der Waals surface area (Å²) in [6.45, 7) is 12.3. The summed E-state index contributed by atoms with van der Waals surface area (Å²) in [6, 6.07) is 2.94. The number of piperidine rings is 1. The second-order valence-corrected chi connectivity index (χ2v) is 9.02. The monoisotopic (exact) mass is 375 g/mol. The van der Waals surface area contributed by atoms with Crippen LogP contribution in [0.25, 0.3) is 0 Å². The number of hydrogen-bond donors (Lipinski definition) is 1. The molecule has 2 aliphatic rings. The molecule has 150 valence electrons. The molecule has 3 rings (SSSR count). The normalized spacial score (nSPS) is 27.0. The molecule has 2 fully saturated rings. The Morgan fingerprint density at radius 2 is 1.96 bits per heavy atom. The van der Waals surface area contributed by atoms with E-state index in [1.807, 2.05) is 0 Å². The van der Waals surface area contributed by atoms with E-state index in [0.717, 1.165) is 19.5 Å². The maximum absolute atomic E-state index is 12.8. The fourth-order valence-corrected chi connectivity index (χ4v) is 4.51. The molecule has 2 aliphatic heterocycles. The molecule has 0 aromatic carbocycles. The number of nitrogens with zero attached hydrogens (tertiary/aromatic N) is 2. The van der Waals surface area contributed by atoms with Gasteiger partial charge in [0.1, 0.15) is 6.04 Å². The highest BCUT2D eigenvalue weighted by atomic mass is 16.3. The van der Waals surface area contributed by atoms with E-state index in [0.29, 0.717) is 37.1 Å². The topological polar surface area (TPSA) is 65.8 Å². The molecule has 0 radical (unpaired) electrons. The van der Waals surface area contributed by atoms with Gasteiger partial charge in [-0.1, -0.05) is 13.8 Å². The lowest BCUT2D eigenvalue weighted by Crippen LogP contribution is -2.57. The average molecular weight is 376 g/mol. The lowest BCUT2D eigenvalue weighted by atomic mass is 9.88. The van der Waals surface area contributed by atoms with Crippen LogP contribution in [0, 0.1) is 11.8 Å². The van der Waals surface area contributed by atoms with Gasteiger partial charge in [-0.25, -0.2) is 0 Å². The van der Waals surface area contributed by atoms with Crippen molar-refractivity contribution in [2.45, 2.75) is 58.5 Å². The molecule has 6 heteroatoms. The number of carbonyl (C=O) groups is 2. The van der Waals surface area contributed by atoms with Crippen molar-refractivity contribution in [2.75, 3.05) is 26.2 Å². The number of likely N-dealkylation sites (tertiary alicyclic amines) is 2. The molecule has 0 aliphatic carbocycles. The van der Waals surface area contributed by atoms with Crippen LogP contribution >= 0.6 is 0 Å². The zero-order valence-electron chi connectivity index (χ0n) is 17.0. The van der Waals surface area contributed by atoms with Crippen LogP contribution in [0.4, 0.5) is 0 Å². The van der Waals surface area contributed by atoms with Crippen molar-refractivity contribution in [1.82, 2.24) is 15.1 Å². The van der Waals surface area contributed by atoms with E-state index in [1.54, 1.807) is 17.0 Å². The molecule has 27 heavy (non-hydrogen) atoms. The van der Waals surface area contributed by atoms with E-state index in [9.17, 15) is 9.59 Å². The fourth-order valence-electron chi connectivity index (χ4n) is 4.51. The first-order valence-electron chi connectivity index (χ1n) is 10.1. The minimum absolute atomic E-state index is 0.0569. The van der Waals surface area contributed by atoms with Gasteiger partial charge >= 0.3 is 0 Å². The first-order chi connectivity index (χ1) is 12.8. The van der Waals surface area contributed by atoms with E-state index in [1.165, 1.54) is 12.7 Å². The Morgan fingerprint density at radius 3 is 2.59 bits per heavy atom. The maximum Gasteiger partial charge on any atom is 0.290 e. The van der Waals surface area contributed by atoms with Crippen LogP contribution in [0.15, 0.2) is 22.8 Å². The third-order valence-corrected chi connectivity index (χ3v) is 5.97. The van der Waals surface area contributed by atoms with Crippen LogP contribution in [0.3, 0.4) is 0 Å². The summed E-state index contributed by atoms with van der Waals surface area (Å²) in [5.74, 6) is 1.40. The maximum atomic E-state index is 12.8. The van der Waals surface area contributed by atoms with Crippen LogP contribution in [0.2, 0.25) is 0 Å². The predicted molar refractivity (Wildman–Crippen MR) is 104 cm³/mol. The zero-order chi connectivity index (χ0) is 19.6. The molecule has 0 saturated carbocycles. The minimum atomic E-state index is -0.405. The molecular formula is C21H33N3O3. The number of carbonyl (C=O) groups excluding carboxylic acids is 2. The molecule has 1 aromatic heterocycles. The smallest absolute Gasteiger partial charge is 0.290 e. The van der Waals surface area contributed by atoms with Gasteiger partial charge in [0.05, 0.1) is 6.26 Å². The van der Waals surface area contributed by atoms with E-state index in [-0.39, 0.29) is 17.4 Å². The summed E-state index contributed by atoms with van der Waals surface area (Å²) in [5.41, 5.74) is -0.104. The molecule has 6 nitrogen and oxygen atoms in total. The van der Waals surface area contributed by atoms with Crippen LogP contribution < -0.4 is 5.32 Å². The van der Waals surface area contributed by atoms with Gasteiger partial charge in [0.25, 0.3) is 5.91 Å². The minimum Gasteiger partial charge on any atom is -0.459 e. The highest BCUT2D eigenvalue weighted by molar-refractivity contribution is 5.96. The first-order valence-corrected chi connectivity index (χ1v) is 10.1. The summed E-state index contributed by atoms with van der Waals surface area (Å²) >= 11 is 0. The molecule has 2 saturated heterocycles. The molecule has 2 amide bonds. The van der Waals surface area contributed by atoms with Gasteiger partial charge in [-0.05, 0) is 57.1 Å². The molecule has 1 N–H and O–H groups in total. The lowest BCUT2D eigenvalue weighted by molar-refractivity contribution is -0.125.